The van der Waals surface area contributed by atoms with Crippen LogP contribution in [0.1, 0.15) is 34.0 Å². The summed E-state index contributed by atoms with van der Waals surface area (Å²) < 4.78 is 0. The van der Waals surface area contributed by atoms with E-state index < -0.39 is 35.8 Å². The van der Waals surface area contributed by atoms with Gasteiger partial charge in [0, 0.05) is 11.3 Å². The van der Waals surface area contributed by atoms with Crippen molar-refractivity contribution in [1.29, 1.82) is 0 Å². The van der Waals surface area contributed by atoms with E-state index in [9.17, 15) is 19.2 Å². The third-order valence-corrected chi connectivity index (χ3v) is 5.09. The van der Waals surface area contributed by atoms with Crippen molar-refractivity contribution in [3.8, 4) is 0 Å². The molecule has 0 spiro atoms. The predicted octanol–water partition coefficient (Wildman–Crippen LogP) is 1.81. The lowest BCUT2D eigenvalue weighted by Gasteiger charge is -2.22. The number of nitrogens with zero attached hydrogens (tertiary/aromatic N) is 1. The van der Waals surface area contributed by atoms with Gasteiger partial charge in [-0.3, -0.25) is 19.3 Å². The largest absolute Gasteiger partial charge is 0.366 e. The first-order chi connectivity index (χ1) is 13.6. The second-order valence-corrected chi connectivity index (χ2v) is 7.24. The quantitative estimate of drug-likeness (QED) is 0.670. The number of aryl methyl sites for hydroxylation is 2. The average Bonchev–Trinajstić information content (AvgIpc) is 2.89. The Morgan fingerprint density at radius 1 is 1.10 bits per heavy atom. The number of hydrogen-bond donors (Lipinski definition) is 3. The monoisotopic (exact) mass is 394 g/mol. The first kappa shape index (κ1) is 20.1. The van der Waals surface area contributed by atoms with Gasteiger partial charge in [-0.25, -0.2) is 4.79 Å². The Morgan fingerprint density at radius 3 is 2.48 bits per heavy atom. The summed E-state index contributed by atoms with van der Waals surface area (Å²) in [6.07, 6.45) is 0. The number of nitrogens with two attached hydrogens (primary N) is 1. The molecule has 2 aromatic carbocycles. The number of carbonyl (C=O) groups is 4. The predicted molar refractivity (Wildman–Crippen MR) is 107 cm³/mol. The maximum atomic E-state index is 13.0. The number of primary amides is 1. The van der Waals surface area contributed by atoms with Crippen LogP contribution in [0.15, 0.2) is 42.5 Å². The Bertz CT molecular complexity index is 1030. The van der Waals surface area contributed by atoms with E-state index in [1.54, 1.807) is 18.2 Å². The van der Waals surface area contributed by atoms with Crippen molar-refractivity contribution in [3.63, 3.8) is 0 Å². The van der Waals surface area contributed by atoms with Gasteiger partial charge in [-0.2, -0.15) is 0 Å². The van der Waals surface area contributed by atoms with Crippen LogP contribution in [0.5, 0.6) is 0 Å². The molecule has 1 unspecified atom stereocenters. The molecule has 1 aliphatic rings. The van der Waals surface area contributed by atoms with Gasteiger partial charge < -0.3 is 16.4 Å². The van der Waals surface area contributed by atoms with Crippen LogP contribution in [0.2, 0.25) is 0 Å². The number of carbonyl (C=O) groups excluding carboxylic acids is 4. The Morgan fingerprint density at radius 2 is 1.83 bits per heavy atom. The van der Waals surface area contributed by atoms with Gasteiger partial charge in [-0.05, 0) is 61.7 Å². The molecule has 29 heavy (non-hydrogen) atoms. The maximum absolute atomic E-state index is 13.0. The van der Waals surface area contributed by atoms with Crippen LogP contribution >= 0.6 is 0 Å². The number of urea groups is 1. The molecule has 1 heterocycles. The first-order valence-electron chi connectivity index (χ1n) is 9.03. The van der Waals surface area contributed by atoms with Crippen LogP contribution in [-0.2, 0) is 15.1 Å². The number of rotatable bonds is 5. The molecule has 0 aliphatic carbocycles. The summed E-state index contributed by atoms with van der Waals surface area (Å²) in [4.78, 5) is 50.0. The molecule has 0 saturated carbocycles. The van der Waals surface area contributed by atoms with Crippen LogP contribution < -0.4 is 16.4 Å². The fourth-order valence-corrected chi connectivity index (χ4v) is 3.18. The van der Waals surface area contributed by atoms with Gasteiger partial charge in [0.2, 0.25) is 11.8 Å². The highest BCUT2D eigenvalue weighted by atomic mass is 16.2. The van der Waals surface area contributed by atoms with Gasteiger partial charge in [0.1, 0.15) is 12.1 Å². The average molecular weight is 394 g/mol. The number of anilines is 1. The van der Waals surface area contributed by atoms with E-state index in [2.05, 4.69) is 10.6 Å². The summed E-state index contributed by atoms with van der Waals surface area (Å²) >= 11 is 0. The summed E-state index contributed by atoms with van der Waals surface area (Å²) in [5.74, 6) is -1.72. The van der Waals surface area contributed by atoms with Crippen molar-refractivity contribution in [2.24, 2.45) is 5.73 Å². The van der Waals surface area contributed by atoms with E-state index in [1.807, 2.05) is 26.0 Å². The van der Waals surface area contributed by atoms with Crippen molar-refractivity contribution in [3.05, 3.63) is 64.7 Å². The van der Waals surface area contributed by atoms with Gasteiger partial charge >= 0.3 is 6.03 Å². The second kappa shape index (κ2) is 7.38. The summed E-state index contributed by atoms with van der Waals surface area (Å²) in [6, 6.07) is 10.9. The first-order valence-corrected chi connectivity index (χ1v) is 9.03. The highest BCUT2D eigenvalue weighted by Crippen LogP contribution is 2.29. The zero-order valence-electron chi connectivity index (χ0n) is 16.4. The van der Waals surface area contributed by atoms with E-state index >= 15 is 0 Å². The van der Waals surface area contributed by atoms with Crippen LogP contribution in [0.3, 0.4) is 0 Å². The summed E-state index contributed by atoms with van der Waals surface area (Å²) in [5, 5.41) is 5.30. The lowest BCUT2D eigenvalue weighted by molar-refractivity contribution is -0.133. The molecule has 4 N–H and O–H groups in total. The third kappa shape index (κ3) is 3.82. The van der Waals surface area contributed by atoms with Crippen LogP contribution in [-0.4, -0.2) is 35.2 Å². The summed E-state index contributed by atoms with van der Waals surface area (Å²) in [6.45, 7) is 4.98. The standard InChI is InChI=1S/C21H22N4O4/c1-12-7-8-16(9-13(12)2)23-17(26)11-25-19(28)21(3,24-20(25)29)15-6-4-5-14(10-15)18(22)27/h4-10H,11H2,1-3H3,(H2,22,27)(H,23,26)(H,24,29). The van der Waals surface area contributed by atoms with Gasteiger partial charge in [-0.15, -0.1) is 0 Å². The van der Waals surface area contributed by atoms with Gasteiger partial charge in [0.05, 0.1) is 0 Å². The molecule has 5 amide bonds. The van der Waals surface area contributed by atoms with Crippen molar-refractivity contribution in [2.45, 2.75) is 26.3 Å². The van der Waals surface area contributed by atoms with Crippen molar-refractivity contribution in [2.75, 3.05) is 11.9 Å². The lowest BCUT2D eigenvalue weighted by Crippen LogP contribution is -2.42. The second-order valence-electron chi connectivity index (χ2n) is 7.24. The number of amides is 5. The highest BCUT2D eigenvalue weighted by Gasteiger charge is 2.49. The van der Waals surface area contributed by atoms with Gasteiger partial charge in [0.25, 0.3) is 5.91 Å². The molecule has 3 rings (SSSR count). The molecule has 0 aromatic heterocycles. The summed E-state index contributed by atoms with van der Waals surface area (Å²) in [5.41, 5.74) is 7.21. The number of hydrogen-bond acceptors (Lipinski definition) is 4. The minimum atomic E-state index is -1.40. The molecule has 1 fully saturated rings. The molecule has 8 nitrogen and oxygen atoms in total. The lowest BCUT2D eigenvalue weighted by atomic mass is 9.90. The van der Waals surface area contributed by atoms with Crippen LogP contribution in [0, 0.1) is 13.8 Å². The topological polar surface area (TPSA) is 122 Å². The van der Waals surface area contributed by atoms with Crippen molar-refractivity contribution < 1.29 is 19.2 Å². The molecule has 2 aromatic rings. The Labute approximate surface area is 168 Å². The number of nitrogens with one attached hydrogen (secondary N) is 2. The van der Waals surface area contributed by atoms with E-state index in [0.717, 1.165) is 16.0 Å². The third-order valence-electron chi connectivity index (χ3n) is 5.09. The fourth-order valence-electron chi connectivity index (χ4n) is 3.18. The molecule has 8 heteroatoms. The van der Waals surface area contributed by atoms with E-state index in [1.165, 1.54) is 19.1 Å². The maximum Gasteiger partial charge on any atom is 0.325 e. The number of imide groups is 1. The minimum Gasteiger partial charge on any atom is -0.366 e. The van der Waals surface area contributed by atoms with Gasteiger partial charge in [0.15, 0.2) is 0 Å². The van der Waals surface area contributed by atoms with Crippen LogP contribution in [0.4, 0.5) is 10.5 Å². The zero-order chi connectivity index (χ0) is 21.3. The Hall–Kier alpha value is -3.68. The van der Waals surface area contributed by atoms with E-state index in [4.69, 9.17) is 5.73 Å². The molecule has 150 valence electrons. The molecule has 1 saturated heterocycles. The molecular formula is C21H22N4O4. The molecule has 0 radical (unpaired) electrons. The van der Waals surface area contributed by atoms with Crippen LogP contribution in [0.25, 0.3) is 0 Å². The SMILES string of the molecule is Cc1ccc(NC(=O)CN2C(=O)NC(C)(c3cccc(C(N)=O)c3)C2=O)cc1C. The fraction of sp³-hybridized carbons (Fsp3) is 0.238. The highest BCUT2D eigenvalue weighted by molar-refractivity contribution is 6.10. The number of benzene rings is 2. The van der Waals surface area contributed by atoms with E-state index in [-0.39, 0.29) is 5.56 Å². The smallest absolute Gasteiger partial charge is 0.325 e. The van der Waals surface area contributed by atoms with Crippen molar-refractivity contribution >= 4 is 29.4 Å². The van der Waals surface area contributed by atoms with E-state index in [0.29, 0.717) is 11.3 Å². The Balaban J connectivity index is 1.77. The minimum absolute atomic E-state index is 0.219. The Kier molecular flexibility index (Phi) is 5.11. The van der Waals surface area contributed by atoms with Crippen molar-refractivity contribution in [1.82, 2.24) is 10.2 Å². The zero-order valence-corrected chi connectivity index (χ0v) is 16.4. The summed E-state index contributed by atoms with van der Waals surface area (Å²) in [7, 11) is 0. The molecule has 1 aliphatic heterocycles. The molecular weight excluding hydrogens is 372 g/mol. The normalized spacial score (nSPS) is 18.5. The molecule has 0 bridgehead atoms. The van der Waals surface area contributed by atoms with Gasteiger partial charge in [-0.1, -0.05) is 18.2 Å². The molecule has 1 atom stereocenters.